The summed E-state index contributed by atoms with van der Waals surface area (Å²) in [5, 5.41) is 22.6. The van der Waals surface area contributed by atoms with E-state index in [-0.39, 0.29) is 6.42 Å². The maximum Gasteiger partial charge on any atom is 0.224 e. The van der Waals surface area contributed by atoms with Gasteiger partial charge in [-0.2, -0.15) is 5.26 Å². The van der Waals surface area contributed by atoms with Crippen LogP contribution in [0, 0.1) is 11.3 Å². The van der Waals surface area contributed by atoms with E-state index in [9.17, 15) is 15.2 Å². The molecule has 0 saturated heterocycles. The van der Waals surface area contributed by atoms with Gasteiger partial charge in [0, 0.05) is 10.6 Å². The molecule has 0 aromatic heterocycles. The quantitative estimate of drug-likeness (QED) is 0.843. The van der Waals surface area contributed by atoms with Gasteiger partial charge in [-0.25, -0.2) is 0 Å². The van der Waals surface area contributed by atoms with Crippen LogP contribution in [0.15, 0.2) is 48.5 Å². The van der Waals surface area contributed by atoms with Crippen molar-refractivity contribution in [3.05, 3.63) is 64.7 Å². The second-order valence-electron chi connectivity index (χ2n) is 5.14. The van der Waals surface area contributed by atoms with Crippen molar-refractivity contribution in [1.29, 1.82) is 5.26 Å². The molecule has 1 amide bonds. The van der Waals surface area contributed by atoms with Crippen molar-refractivity contribution in [2.75, 3.05) is 7.11 Å². The zero-order chi connectivity index (χ0) is 17.5. The smallest absolute Gasteiger partial charge is 0.224 e. The number of carbonyl (C=O) groups is 1. The Kier molecular flexibility index (Phi) is 6.19. The monoisotopic (exact) mass is 344 g/mol. The summed E-state index contributed by atoms with van der Waals surface area (Å²) in [4.78, 5) is 12.1. The zero-order valence-corrected chi connectivity index (χ0v) is 13.8. The highest BCUT2D eigenvalue weighted by molar-refractivity contribution is 6.30. The third-order valence-electron chi connectivity index (χ3n) is 3.52. The lowest BCUT2D eigenvalue weighted by molar-refractivity contribution is -0.123. The molecule has 2 unspecified atom stereocenters. The van der Waals surface area contributed by atoms with Crippen LogP contribution in [0.25, 0.3) is 0 Å². The molecule has 124 valence electrons. The van der Waals surface area contributed by atoms with Gasteiger partial charge in [-0.15, -0.1) is 0 Å². The number of halogens is 1. The number of methoxy groups -OCH3 is 1. The molecule has 0 aliphatic rings. The van der Waals surface area contributed by atoms with Crippen LogP contribution in [0.5, 0.6) is 5.75 Å². The predicted molar refractivity (Wildman–Crippen MR) is 90.5 cm³/mol. The normalized spacial score (nSPS) is 12.8. The molecule has 2 atom stereocenters. The molecule has 24 heavy (non-hydrogen) atoms. The van der Waals surface area contributed by atoms with Crippen LogP contribution in [0.1, 0.15) is 29.7 Å². The first-order chi connectivity index (χ1) is 11.5. The number of nitriles is 1. The summed E-state index contributed by atoms with van der Waals surface area (Å²) in [6.45, 7) is 0. The molecule has 0 aliphatic heterocycles. The second-order valence-corrected chi connectivity index (χ2v) is 5.58. The topological polar surface area (TPSA) is 82.3 Å². The maximum atomic E-state index is 12.1. The van der Waals surface area contributed by atoms with Gasteiger partial charge in [0.05, 0.1) is 25.7 Å². The summed E-state index contributed by atoms with van der Waals surface area (Å²) in [7, 11) is 1.50. The minimum absolute atomic E-state index is 0.158. The van der Waals surface area contributed by atoms with Crippen LogP contribution >= 0.6 is 11.6 Å². The van der Waals surface area contributed by atoms with Gasteiger partial charge in [0.1, 0.15) is 11.8 Å². The number of hydrogen-bond donors (Lipinski definition) is 2. The number of rotatable bonds is 6. The van der Waals surface area contributed by atoms with E-state index in [1.165, 1.54) is 7.11 Å². The highest BCUT2D eigenvalue weighted by Gasteiger charge is 2.20. The Bertz CT molecular complexity index is 741. The molecule has 0 spiro atoms. The molecular weight excluding hydrogens is 328 g/mol. The van der Waals surface area contributed by atoms with Gasteiger partial charge in [-0.05, 0) is 23.8 Å². The standard InChI is InChI=1S/C18H17ClN2O3/c1-24-17-5-3-2-4-14(17)15(11-20)21-18(23)10-16(22)12-6-8-13(19)9-7-12/h2-9,15-16,22H,10H2,1H3,(H,21,23). The minimum Gasteiger partial charge on any atom is -0.496 e. The average molecular weight is 345 g/mol. The number of carbonyl (C=O) groups excluding carboxylic acids is 1. The molecule has 0 aliphatic carbocycles. The summed E-state index contributed by atoms with van der Waals surface area (Å²) in [5.41, 5.74) is 1.15. The molecule has 2 N–H and O–H groups in total. The Labute approximate surface area is 145 Å². The van der Waals surface area contributed by atoms with E-state index in [1.807, 2.05) is 6.07 Å². The largest absolute Gasteiger partial charge is 0.496 e. The fourth-order valence-electron chi connectivity index (χ4n) is 2.28. The van der Waals surface area contributed by atoms with Gasteiger partial charge < -0.3 is 15.2 Å². The van der Waals surface area contributed by atoms with E-state index >= 15 is 0 Å². The molecule has 2 rings (SSSR count). The van der Waals surface area contributed by atoms with Crippen LogP contribution in [-0.4, -0.2) is 18.1 Å². The lowest BCUT2D eigenvalue weighted by Crippen LogP contribution is -2.29. The van der Waals surface area contributed by atoms with Crippen molar-refractivity contribution in [3.63, 3.8) is 0 Å². The molecule has 0 radical (unpaired) electrons. The fraction of sp³-hybridized carbons (Fsp3) is 0.222. The Morgan fingerprint density at radius 3 is 2.58 bits per heavy atom. The Balaban J connectivity index is 2.04. The zero-order valence-electron chi connectivity index (χ0n) is 13.1. The molecule has 0 saturated carbocycles. The summed E-state index contributed by atoms with van der Waals surface area (Å²) < 4.78 is 5.21. The SMILES string of the molecule is COc1ccccc1C(C#N)NC(=O)CC(O)c1ccc(Cl)cc1. The number of aliphatic hydroxyl groups is 1. The van der Waals surface area contributed by atoms with E-state index < -0.39 is 18.1 Å². The number of benzene rings is 2. The first-order valence-corrected chi connectivity index (χ1v) is 7.68. The molecule has 0 heterocycles. The third kappa shape index (κ3) is 4.48. The molecular formula is C18H17ClN2O3. The van der Waals surface area contributed by atoms with Crippen LogP contribution in [0.3, 0.4) is 0 Å². The Hall–Kier alpha value is -2.55. The maximum absolute atomic E-state index is 12.1. The second kappa shape index (κ2) is 8.34. The van der Waals surface area contributed by atoms with Crippen molar-refractivity contribution >= 4 is 17.5 Å². The van der Waals surface area contributed by atoms with Gasteiger partial charge in [0.25, 0.3) is 0 Å². The number of hydrogen-bond acceptors (Lipinski definition) is 4. The molecule has 0 bridgehead atoms. The van der Waals surface area contributed by atoms with E-state index in [0.29, 0.717) is 21.9 Å². The van der Waals surface area contributed by atoms with E-state index in [2.05, 4.69) is 5.32 Å². The molecule has 6 heteroatoms. The lowest BCUT2D eigenvalue weighted by Gasteiger charge is -2.16. The molecule has 5 nitrogen and oxygen atoms in total. The summed E-state index contributed by atoms with van der Waals surface area (Å²) >= 11 is 5.80. The number of ether oxygens (including phenoxy) is 1. The summed E-state index contributed by atoms with van der Waals surface area (Å²) in [6, 6.07) is 14.7. The fourth-order valence-corrected chi connectivity index (χ4v) is 2.41. The van der Waals surface area contributed by atoms with E-state index in [0.717, 1.165) is 0 Å². The lowest BCUT2D eigenvalue weighted by atomic mass is 10.0. The van der Waals surface area contributed by atoms with Gasteiger partial charge >= 0.3 is 0 Å². The Morgan fingerprint density at radius 1 is 1.29 bits per heavy atom. The van der Waals surface area contributed by atoms with Gasteiger partial charge in [0.2, 0.25) is 5.91 Å². The third-order valence-corrected chi connectivity index (χ3v) is 3.77. The van der Waals surface area contributed by atoms with Gasteiger partial charge in [-0.3, -0.25) is 4.79 Å². The van der Waals surface area contributed by atoms with E-state index in [4.69, 9.17) is 16.3 Å². The first kappa shape index (κ1) is 17.8. The summed E-state index contributed by atoms with van der Waals surface area (Å²) in [6.07, 6.45) is -1.13. The van der Waals surface area contributed by atoms with E-state index in [1.54, 1.807) is 48.5 Å². The van der Waals surface area contributed by atoms with Crippen molar-refractivity contribution in [2.24, 2.45) is 0 Å². The highest BCUT2D eigenvalue weighted by Crippen LogP contribution is 2.25. The van der Waals surface area contributed by atoms with Crippen molar-refractivity contribution in [3.8, 4) is 11.8 Å². The first-order valence-electron chi connectivity index (χ1n) is 7.30. The number of para-hydroxylation sites is 1. The summed E-state index contributed by atoms with van der Waals surface area (Å²) in [5.74, 6) is 0.0810. The van der Waals surface area contributed by atoms with Crippen LogP contribution in [0.4, 0.5) is 0 Å². The van der Waals surface area contributed by atoms with Gasteiger partial charge in [-0.1, -0.05) is 41.9 Å². The van der Waals surface area contributed by atoms with Crippen LogP contribution in [0.2, 0.25) is 5.02 Å². The van der Waals surface area contributed by atoms with Crippen LogP contribution in [-0.2, 0) is 4.79 Å². The number of amides is 1. The molecule has 0 fully saturated rings. The van der Waals surface area contributed by atoms with Crippen molar-refractivity contribution < 1.29 is 14.6 Å². The number of nitrogens with zero attached hydrogens (tertiary/aromatic N) is 1. The van der Waals surface area contributed by atoms with Crippen LogP contribution < -0.4 is 10.1 Å². The van der Waals surface area contributed by atoms with Crippen molar-refractivity contribution in [2.45, 2.75) is 18.6 Å². The molecule has 2 aromatic carbocycles. The predicted octanol–water partition coefficient (Wildman–Crippen LogP) is 3.15. The minimum atomic E-state index is -0.973. The Morgan fingerprint density at radius 2 is 1.96 bits per heavy atom. The highest BCUT2D eigenvalue weighted by atomic mass is 35.5. The number of nitrogens with one attached hydrogen (secondary N) is 1. The van der Waals surface area contributed by atoms with Crippen molar-refractivity contribution in [1.82, 2.24) is 5.32 Å². The molecule has 2 aromatic rings. The number of aliphatic hydroxyl groups excluding tert-OH is 1. The average Bonchev–Trinajstić information content (AvgIpc) is 2.60. The van der Waals surface area contributed by atoms with Gasteiger partial charge in [0.15, 0.2) is 0 Å².